The maximum absolute atomic E-state index is 15.4. The molecule has 1 aromatic heterocycles. The van der Waals surface area contributed by atoms with Crippen LogP contribution < -0.4 is 21.5 Å². The molecule has 14 heteroatoms. The molecule has 1 fully saturated rings. The summed E-state index contributed by atoms with van der Waals surface area (Å²) in [6.45, 7) is 2.30. The van der Waals surface area contributed by atoms with E-state index in [9.17, 15) is 32.3 Å². The van der Waals surface area contributed by atoms with Gasteiger partial charge in [0.2, 0.25) is 0 Å². The second-order valence-corrected chi connectivity index (χ2v) is 11.4. The summed E-state index contributed by atoms with van der Waals surface area (Å²) >= 11 is 0. The first-order valence-electron chi connectivity index (χ1n) is 14.9. The third-order valence-corrected chi connectivity index (χ3v) is 8.38. The summed E-state index contributed by atoms with van der Waals surface area (Å²) in [6, 6.07) is 5.28. The summed E-state index contributed by atoms with van der Waals surface area (Å²) in [7, 11) is 1.63. The minimum absolute atomic E-state index is 0.0106. The number of ether oxygens (including phenoxy) is 2. The van der Waals surface area contributed by atoms with Gasteiger partial charge in [-0.25, -0.2) is 18.5 Å². The second-order valence-electron chi connectivity index (χ2n) is 11.4. The number of halogens is 4. The van der Waals surface area contributed by atoms with Gasteiger partial charge in [0.15, 0.2) is 0 Å². The van der Waals surface area contributed by atoms with Gasteiger partial charge in [0.05, 0.1) is 31.1 Å². The third-order valence-electron chi connectivity index (χ3n) is 8.38. The van der Waals surface area contributed by atoms with Crippen molar-refractivity contribution in [3.05, 3.63) is 91.0 Å². The van der Waals surface area contributed by atoms with Crippen LogP contribution in [0.5, 0.6) is 0 Å². The Morgan fingerprint density at radius 1 is 1.11 bits per heavy atom. The zero-order valence-corrected chi connectivity index (χ0v) is 25.6. The van der Waals surface area contributed by atoms with Crippen molar-refractivity contribution in [2.24, 2.45) is 7.05 Å². The van der Waals surface area contributed by atoms with Crippen LogP contribution in [0, 0.1) is 12.7 Å². The Morgan fingerprint density at radius 2 is 1.83 bits per heavy atom. The molecule has 2 aliphatic rings. The molecule has 0 radical (unpaired) electrons. The van der Waals surface area contributed by atoms with E-state index in [1.165, 1.54) is 17.6 Å². The van der Waals surface area contributed by atoms with Crippen LogP contribution in [0.1, 0.15) is 46.1 Å². The van der Waals surface area contributed by atoms with Crippen LogP contribution in [-0.4, -0.2) is 65.6 Å². The molecule has 1 saturated heterocycles. The number of fused-ring (bicyclic) bond motifs is 1. The fourth-order valence-corrected chi connectivity index (χ4v) is 6.09. The first kappa shape index (κ1) is 32.9. The lowest BCUT2D eigenvalue weighted by Crippen LogP contribution is -2.53. The molecule has 0 spiro atoms. The van der Waals surface area contributed by atoms with Crippen LogP contribution in [0.4, 0.5) is 23.2 Å². The number of benzene rings is 2. The van der Waals surface area contributed by atoms with Crippen molar-refractivity contribution in [2.45, 2.75) is 57.8 Å². The van der Waals surface area contributed by atoms with Gasteiger partial charge in [-0.2, -0.15) is 13.2 Å². The highest BCUT2D eigenvalue weighted by Crippen LogP contribution is 2.33. The number of anilines is 1. The number of morpholine rings is 1. The molecule has 10 nitrogen and oxygen atoms in total. The Labute approximate surface area is 261 Å². The van der Waals surface area contributed by atoms with E-state index < -0.39 is 53.8 Å². The minimum atomic E-state index is -4.61. The van der Waals surface area contributed by atoms with E-state index in [1.54, 1.807) is 38.2 Å². The molecule has 1 aliphatic heterocycles. The lowest BCUT2D eigenvalue weighted by Gasteiger charge is -2.38. The Kier molecular flexibility index (Phi) is 9.38. The maximum atomic E-state index is 15.4. The zero-order valence-electron chi connectivity index (χ0n) is 25.6. The average Bonchev–Trinajstić information content (AvgIpc) is 3.51. The van der Waals surface area contributed by atoms with Gasteiger partial charge in [0.25, 0.3) is 11.5 Å². The van der Waals surface area contributed by atoms with E-state index in [4.69, 9.17) is 9.47 Å². The lowest BCUT2D eigenvalue weighted by molar-refractivity contribution is -0.167. The van der Waals surface area contributed by atoms with Gasteiger partial charge in [0.1, 0.15) is 17.9 Å². The molecule has 1 N–H and O–H groups in total. The summed E-state index contributed by atoms with van der Waals surface area (Å²) in [5, 5.41) is 2.50. The highest BCUT2D eigenvalue weighted by Gasteiger charge is 2.45. The van der Waals surface area contributed by atoms with Gasteiger partial charge in [-0.1, -0.05) is 12.1 Å². The molecular weight excluding hydrogens is 612 g/mol. The van der Waals surface area contributed by atoms with Crippen LogP contribution in [0.15, 0.2) is 46.0 Å². The topological polar surface area (TPSA) is 112 Å². The minimum Gasteiger partial charge on any atom is -0.464 e. The van der Waals surface area contributed by atoms with Gasteiger partial charge in [-0.15, -0.1) is 0 Å². The molecular formula is C32H34F4N4O6. The number of hydrogen-bond acceptors (Lipinski definition) is 7. The quantitative estimate of drug-likeness (QED) is 0.296. The molecule has 2 atom stereocenters. The molecule has 46 heavy (non-hydrogen) atoms. The smallest absolute Gasteiger partial charge is 0.411 e. The summed E-state index contributed by atoms with van der Waals surface area (Å²) < 4.78 is 68.9. The van der Waals surface area contributed by atoms with E-state index in [0.717, 1.165) is 27.6 Å². The molecule has 246 valence electrons. The number of aromatic nitrogens is 2. The average molecular weight is 647 g/mol. The molecule has 1 amide bonds. The van der Waals surface area contributed by atoms with E-state index in [0.29, 0.717) is 29.7 Å². The number of hydrogen-bond donors (Lipinski definition) is 1. The largest absolute Gasteiger partial charge is 0.464 e. The molecule has 0 unspecified atom stereocenters. The van der Waals surface area contributed by atoms with Crippen molar-refractivity contribution in [3.8, 4) is 5.69 Å². The first-order chi connectivity index (χ1) is 21.8. The number of esters is 1. The lowest BCUT2D eigenvalue weighted by atomic mass is 10.0. The number of aryl methyl sites for hydroxylation is 1. The van der Waals surface area contributed by atoms with E-state index >= 15 is 4.39 Å². The number of amides is 1. The van der Waals surface area contributed by atoms with Gasteiger partial charge >= 0.3 is 17.8 Å². The third kappa shape index (κ3) is 6.43. The summed E-state index contributed by atoms with van der Waals surface area (Å²) in [5.74, 6) is -2.77. The van der Waals surface area contributed by atoms with E-state index in [2.05, 4.69) is 5.32 Å². The number of rotatable bonds is 8. The fraction of sp³-hybridized carbons (Fsp3) is 0.438. The van der Waals surface area contributed by atoms with Crippen LogP contribution in [-0.2, 0) is 40.6 Å². The Hall–Kier alpha value is -4.46. The van der Waals surface area contributed by atoms with Crippen molar-refractivity contribution in [3.63, 3.8) is 0 Å². The molecule has 2 aromatic carbocycles. The monoisotopic (exact) mass is 646 g/mol. The summed E-state index contributed by atoms with van der Waals surface area (Å²) in [5.41, 5.74) is 1.01. The zero-order chi connectivity index (χ0) is 33.3. The van der Waals surface area contributed by atoms with E-state index in [1.807, 2.05) is 0 Å². The van der Waals surface area contributed by atoms with Crippen molar-refractivity contribution < 1.29 is 36.6 Å². The normalized spacial score (nSPS) is 17.0. The molecule has 3 aromatic rings. The van der Waals surface area contributed by atoms with Crippen LogP contribution in [0.2, 0.25) is 0 Å². The van der Waals surface area contributed by atoms with Crippen LogP contribution in [0.3, 0.4) is 0 Å². The van der Waals surface area contributed by atoms with Gasteiger partial charge in [0, 0.05) is 37.0 Å². The number of nitrogens with one attached hydrogen (secondary N) is 1. The van der Waals surface area contributed by atoms with Crippen molar-refractivity contribution in [2.75, 3.05) is 31.3 Å². The first-order valence-corrected chi connectivity index (χ1v) is 14.9. The predicted molar refractivity (Wildman–Crippen MR) is 160 cm³/mol. The molecule has 0 saturated carbocycles. The molecule has 1 aliphatic carbocycles. The summed E-state index contributed by atoms with van der Waals surface area (Å²) in [6.07, 6.45) is -2.63. The molecule has 0 bridgehead atoms. The highest BCUT2D eigenvalue weighted by atomic mass is 19.4. The number of nitrogens with zero attached hydrogens (tertiary/aromatic N) is 3. The Bertz CT molecular complexity index is 1740. The highest BCUT2D eigenvalue weighted by molar-refractivity contribution is 5.98. The van der Waals surface area contributed by atoms with Crippen LogP contribution in [0.25, 0.3) is 5.69 Å². The van der Waals surface area contributed by atoms with E-state index in [-0.39, 0.29) is 43.0 Å². The number of alkyl halides is 3. The van der Waals surface area contributed by atoms with Crippen molar-refractivity contribution in [1.29, 1.82) is 0 Å². The van der Waals surface area contributed by atoms with Crippen molar-refractivity contribution in [1.82, 2.24) is 14.5 Å². The second kappa shape index (κ2) is 13.1. The van der Waals surface area contributed by atoms with Gasteiger partial charge < -0.3 is 24.3 Å². The number of carbonyl (C=O) groups excluding carboxylic acids is 2. The Morgan fingerprint density at radius 3 is 2.48 bits per heavy atom. The predicted octanol–water partition coefficient (Wildman–Crippen LogP) is 3.14. The molecule has 2 heterocycles. The Balaban J connectivity index is 1.38. The van der Waals surface area contributed by atoms with Gasteiger partial charge in [-0.3, -0.25) is 9.59 Å². The SMILES string of the molecule is CCOC(=O)[C@H](Cc1ccc(-n2c(=O)c3c(n(C)c2=O)CCC3)cc1)NC(=O)c1c(C)cc(N2CCOC[C@@H]2C(F)(F)F)cc1F. The molecule has 5 rings (SSSR count). The summed E-state index contributed by atoms with van der Waals surface area (Å²) in [4.78, 5) is 53.2. The maximum Gasteiger partial charge on any atom is 0.411 e. The van der Waals surface area contributed by atoms with Crippen molar-refractivity contribution >= 4 is 17.6 Å². The number of carbonyl (C=O) groups is 2. The standard InChI is InChI=1S/C32H34F4N4O6/c1-4-46-30(43)24(15-19-8-10-20(11-9-19)40-29(42)22-6-5-7-25(22)38(3)31(40)44)37-28(41)27-18(2)14-21(16-23(27)33)39-12-13-45-17-26(39)32(34,35)36/h8-11,14,16,24,26H,4-7,12-13,15,17H2,1-3H3,(H,37,41)/t24-,26+/m0/s1. The van der Waals surface area contributed by atoms with Gasteiger partial charge in [-0.05, 0) is 68.5 Å². The van der Waals surface area contributed by atoms with Crippen LogP contribution >= 0.6 is 0 Å². The fourth-order valence-electron chi connectivity index (χ4n) is 6.09.